The number of carbonyl (C=O) groups is 6. The summed E-state index contributed by atoms with van der Waals surface area (Å²) >= 11 is 0. The normalized spacial score (nSPS) is 47.7. The standard InChI is InChI=1S/C25H34O5.C24H30O5/c1-14-13-24(3)18(6-9-25(24)10-7-19(27)30-25)20-17(22(28)29-4)12-15-11-16(26)5-8-23(15,2)21(14)20;1-22-8-4-15(25)12-14(22)13-16(21(27)28-3)20-17(22)5-9-23(2)18(20)6-10-24(23)11-7-19(26)29-24/h11,14,17-18,20-21H,5-10,12-13H2,1-4H3;5,12,16,18,20H,4,6-11,13H2,1-3H3/t14?,17?,18?,20?,21?,23-,24-,25?;16?,18?,20?,22-,23-,24?/m00/s1. The van der Waals surface area contributed by atoms with Gasteiger partial charge in [0, 0.05) is 41.9 Å². The third kappa shape index (κ3) is 5.60. The van der Waals surface area contributed by atoms with Crippen molar-refractivity contribution < 1.29 is 47.7 Å². The van der Waals surface area contributed by atoms with E-state index in [1.54, 1.807) is 6.08 Å². The van der Waals surface area contributed by atoms with Crippen molar-refractivity contribution in [1.82, 2.24) is 0 Å². The summed E-state index contributed by atoms with van der Waals surface area (Å²) in [6.07, 6.45) is 18.3. The summed E-state index contributed by atoms with van der Waals surface area (Å²) in [5.41, 5.74) is 2.38. The molecule has 0 aromatic rings. The molecular formula is C49H64O10. The van der Waals surface area contributed by atoms with Gasteiger partial charge in [-0.05, 0) is 130 Å². The van der Waals surface area contributed by atoms with Gasteiger partial charge in [-0.2, -0.15) is 0 Å². The lowest BCUT2D eigenvalue weighted by Gasteiger charge is -2.62. The Kier molecular flexibility index (Phi) is 9.50. The molecule has 320 valence electrons. The van der Waals surface area contributed by atoms with Crippen LogP contribution in [0.1, 0.15) is 137 Å². The van der Waals surface area contributed by atoms with Gasteiger partial charge in [0.1, 0.15) is 11.2 Å². The molecule has 5 saturated carbocycles. The van der Waals surface area contributed by atoms with Gasteiger partial charge in [0.2, 0.25) is 0 Å². The highest BCUT2D eigenvalue weighted by Gasteiger charge is 2.71. The molecule has 14 atom stereocenters. The van der Waals surface area contributed by atoms with Crippen LogP contribution in [0.3, 0.4) is 0 Å². The molecule has 2 heterocycles. The summed E-state index contributed by atoms with van der Waals surface area (Å²) in [5.74, 6) is 1.04. The molecule has 59 heavy (non-hydrogen) atoms. The van der Waals surface area contributed by atoms with Gasteiger partial charge in [-0.15, -0.1) is 0 Å². The van der Waals surface area contributed by atoms with Crippen LogP contribution >= 0.6 is 0 Å². The van der Waals surface area contributed by atoms with E-state index < -0.39 is 5.60 Å². The van der Waals surface area contributed by atoms with E-state index in [0.717, 1.165) is 75.4 Å². The van der Waals surface area contributed by atoms with Crippen LogP contribution in [0.25, 0.3) is 0 Å². The Morgan fingerprint density at radius 2 is 1.24 bits per heavy atom. The van der Waals surface area contributed by atoms with E-state index in [1.807, 2.05) is 6.08 Å². The zero-order valence-corrected chi connectivity index (χ0v) is 36.2. The minimum absolute atomic E-state index is 0.0358. The van der Waals surface area contributed by atoms with Crippen LogP contribution in [0.4, 0.5) is 0 Å². The SMILES string of the molecule is COC(=O)C1CC2=CC(=O)CC[C@]2(C)C2=CC[C@@]3(C)C(CCC34CCC(=O)O4)C21.COC(=O)C1CC2=CC(=O)CC[C@]2(C)C2C(C)C[C@@]3(C)C(CCC34CCC(=O)O4)C12. The summed E-state index contributed by atoms with van der Waals surface area (Å²) in [6.45, 7) is 11.5. The molecule has 10 nitrogen and oxygen atoms in total. The highest BCUT2D eigenvalue weighted by molar-refractivity contribution is 5.93. The summed E-state index contributed by atoms with van der Waals surface area (Å²) < 4.78 is 22.6. The minimum atomic E-state index is -0.392. The second-order valence-electron chi connectivity index (χ2n) is 21.4. The first-order valence-electron chi connectivity index (χ1n) is 22.7. The van der Waals surface area contributed by atoms with Gasteiger partial charge in [0.15, 0.2) is 11.6 Å². The summed E-state index contributed by atoms with van der Waals surface area (Å²) in [5, 5.41) is 0. The topological polar surface area (TPSA) is 139 Å². The Bertz CT molecular complexity index is 1990. The fourth-order valence-corrected chi connectivity index (χ4v) is 16.4. The number of ketones is 2. The third-order valence-electron chi connectivity index (χ3n) is 19.3. The Morgan fingerprint density at radius 1 is 0.678 bits per heavy atom. The molecule has 0 bridgehead atoms. The van der Waals surface area contributed by atoms with Gasteiger partial charge in [-0.3, -0.25) is 28.8 Å². The van der Waals surface area contributed by atoms with Gasteiger partial charge in [0.25, 0.3) is 0 Å². The predicted molar refractivity (Wildman–Crippen MR) is 216 cm³/mol. The van der Waals surface area contributed by atoms with Crippen LogP contribution in [0.5, 0.6) is 0 Å². The van der Waals surface area contributed by atoms with Crippen molar-refractivity contribution in [3.05, 3.63) is 34.9 Å². The van der Waals surface area contributed by atoms with E-state index in [1.165, 1.54) is 19.8 Å². The number of fused-ring (bicyclic) bond motifs is 12. The highest BCUT2D eigenvalue weighted by atomic mass is 16.6. The average Bonchev–Trinajstić information content (AvgIpc) is 3.94. The number of rotatable bonds is 2. The zero-order chi connectivity index (χ0) is 42.1. The molecule has 2 aliphatic heterocycles. The van der Waals surface area contributed by atoms with Crippen LogP contribution in [-0.4, -0.2) is 60.9 Å². The van der Waals surface area contributed by atoms with Gasteiger partial charge >= 0.3 is 23.9 Å². The second-order valence-corrected chi connectivity index (χ2v) is 21.4. The van der Waals surface area contributed by atoms with Crippen molar-refractivity contribution in [2.24, 2.45) is 69.0 Å². The quantitative estimate of drug-likeness (QED) is 0.153. The van der Waals surface area contributed by atoms with E-state index in [9.17, 15) is 28.8 Å². The lowest BCUT2D eigenvalue weighted by molar-refractivity contribution is -0.185. The molecule has 10 rings (SSSR count). The number of hydrogen-bond acceptors (Lipinski definition) is 10. The van der Waals surface area contributed by atoms with E-state index >= 15 is 0 Å². The molecule has 7 fully saturated rings. The van der Waals surface area contributed by atoms with Gasteiger partial charge in [0.05, 0.1) is 26.1 Å². The van der Waals surface area contributed by atoms with Crippen LogP contribution in [0.15, 0.2) is 34.9 Å². The molecule has 0 aromatic heterocycles. The van der Waals surface area contributed by atoms with E-state index in [0.29, 0.717) is 56.3 Å². The molecule has 0 N–H and O–H groups in total. The molecule has 10 heteroatoms. The summed E-state index contributed by atoms with van der Waals surface area (Å²) in [7, 11) is 2.93. The monoisotopic (exact) mass is 812 g/mol. The number of allylic oxidation sites excluding steroid dienone is 5. The zero-order valence-electron chi connectivity index (χ0n) is 36.2. The maximum Gasteiger partial charge on any atom is 0.309 e. The average molecular weight is 813 g/mol. The van der Waals surface area contributed by atoms with Gasteiger partial charge in [-0.25, -0.2) is 0 Å². The summed E-state index contributed by atoms with van der Waals surface area (Å²) in [4.78, 5) is 74.5. The number of carbonyl (C=O) groups excluding carboxylic acids is 6. The largest absolute Gasteiger partial charge is 0.469 e. The Morgan fingerprint density at radius 3 is 1.85 bits per heavy atom. The van der Waals surface area contributed by atoms with Crippen LogP contribution < -0.4 is 0 Å². The smallest absolute Gasteiger partial charge is 0.309 e. The first kappa shape index (κ1) is 40.8. The van der Waals surface area contributed by atoms with Gasteiger partial charge < -0.3 is 18.9 Å². The van der Waals surface area contributed by atoms with Crippen molar-refractivity contribution in [3.8, 4) is 0 Å². The summed E-state index contributed by atoms with van der Waals surface area (Å²) in [6, 6.07) is 0. The van der Waals surface area contributed by atoms with Crippen molar-refractivity contribution in [2.45, 2.75) is 149 Å². The highest BCUT2D eigenvalue weighted by Crippen LogP contribution is 2.73. The lowest BCUT2D eigenvalue weighted by Crippen LogP contribution is -2.60. The molecule has 2 saturated heterocycles. The molecule has 2 spiro atoms. The van der Waals surface area contributed by atoms with E-state index in [-0.39, 0.29) is 92.3 Å². The third-order valence-corrected chi connectivity index (χ3v) is 19.3. The molecule has 10 aliphatic rings. The van der Waals surface area contributed by atoms with Crippen molar-refractivity contribution in [3.63, 3.8) is 0 Å². The van der Waals surface area contributed by atoms with Crippen LogP contribution in [-0.2, 0) is 47.7 Å². The van der Waals surface area contributed by atoms with Crippen molar-refractivity contribution >= 4 is 35.4 Å². The molecule has 10 unspecified atom stereocenters. The number of methoxy groups -OCH3 is 2. The maximum absolute atomic E-state index is 13.0. The Labute approximate surface area is 349 Å². The minimum Gasteiger partial charge on any atom is -0.469 e. The molecule has 8 aliphatic carbocycles. The molecule has 0 amide bonds. The lowest BCUT2D eigenvalue weighted by atomic mass is 9.41. The Hall–Kier alpha value is -3.56. The second kappa shape index (κ2) is 13.7. The van der Waals surface area contributed by atoms with E-state index in [2.05, 4.69) is 40.7 Å². The number of hydrogen-bond donors (Lipinski definition) is 0. The number of ether oxygens (including phenoxy) is 4. The van der Waals surface area contributed by atoms with Crippen molar-refractivity contribution in [1.29, 1.82) is 0 Å². The fourth-order valence-electron chi connectivity index (χ4n) is 16.4. The predicted octanol–water partition coefficient (Wildman–Crippen LogP) is 8.15. The first-order chi connectivity index (χ1) is 27.9. The van der Waals surface area contributed by atoms with Gasteiger partial charge in [-0.1, -0.05) is 57.4 Å². The fraction of sp³-hybridized carbons (Fsp3) is 0.755. The van der Waals surface area contributed by atoms with Crippen molar-refractivity contribution in [2.75, 3.05) is 14.2 Å². The van der Waals surface area contributed by atoms with Crippen LogP contribution in [0, 0.1) is 69.0 Å². The Balaban J connectivity index is 0.000000152. The molecule has 0 radical (unpaired) electrons. The van der Waals surface area contributed by atoms with E-state index in [4.69, 9.17) is 18.9 Å². The maximum atomic E-state index is 13.0. The number of esters is 4. The molecular weight excluding hydrogens is 749 g/mol. The molecule has 0 aromatic carbocycles. The first-order valence-corrected chi connectivity index (χ1v) is 22.7. The van der Waals surface area contributed by atoms with Crippen LogP contribution in [0.2, 0.25) is 0 Å².